The van der Waals surface area contributed by atoms with E-state index in [9.17, 15) is 4.79 Å². The summed E-state index contributed by atoms with van der Waals surface area (Å²) in [6, 6.07) is 3.76. The lowest BCUT2D eigenvalue weighted by molar-refractivity contribution is -0.114. The van der Waals surface area contributed by atoms with Crippen LogP contribution in [0.2, 0.25) is 0 Å². The average Bonchev–Trinajstić information content (AvgIpc) is 3.15. The molecule has 0 amide bonds. The molecule has 1 saturated heterocycles. The van der Waals surface area contributed by atoms with Crippen LogP contribution in [0.15, 0.2) is 50.2 Å². The Morgan fingerprint density at radius 2 is 2.08 bits per heavy atom. The topological polar surface area (TPSA) is 63.0 Å². The van der Waals surface area contributed by atoms with Crippen LogP contribution in [0.25, 0.3) is 6.08 Å². The first-order valence-electron chi connectivity index (χ1n) is 7.15. The highest BCUT2D eigenvalue weighted by Gasteiger charge is 2.38. The number of ether oxygens (including phenoxy) is 1. The number of ketones is 1. The second kappa shape index (κ2) is 7.99. The first-order valence-corrected chi connectivity index (χ1v) is 10.4. The number of nitrogens with zero attached hydrogens (tertiary/aromatic N) is 1. The molecule has 4 nitrogen and oxygen atoms in total. The van der Waals surface area contributed by atoms with Crippen molar-refractivity contribution < 1.29 is 9.53 Å². The minimum atomic E-state index is -0.571. The van der Waals surface area contributed by atoms with Gasteiger partial charge in [0.1, 0.15) is 23.3 Å². The van der Waals surface area contributed by atoms with Gasteiger partial charge in [0.2, 0.25) is 0 Å². The number of thioether (sulfide) groups is 1. The fourth-order valence-corrected chi connectivity index (χ4v) is 5.54. The molecule has 2 heterocycles. The molecule has 0 aliphatic carbocycles. The number of hydrogen-bond acceptors (Lipinski definition) is 6. The zero-order chi connectivity index (χ0) is 18.0. The summed E-state index contributed by atoms with van der Waals surface area (Å²) >= 11 is 9.56. The van der Waals surface area contributed by atoms with E-state index in [1.807, 2.05) is 17.5 Å². The highest BCUT2D eigenvalue weighted by molar-refractivity contribution is 9.11. The molecule has 2 aromatic rings. The van der Waals surface area contributed by atoms with Gasteiger partial charge in [0.15, 0.2) is 5.78 Å². The summed E-state index contributed by atoms with van der Waals surface area (Å²) in [5.41, 5.74) is 0.841. The highest BCUT2D eigenvalue weighted by Crippen LogP contribution is 2.42. The fraction of sp³-hybridized carbons (Fsp3) is 0.118. The summed E-state index contributed by atoms with van der Waals surface area (Å²) in [4.78, 5) is 17.4. The predicted molar refractivity (Wildman–Crippen MR) is 111 cm³/mol. The second-order valence-corrected chi connectivity index (χ2v) is 8.77. The molecule has 1 aromatic heterocycles. The molecule has 1 N–H and O–H groups in total. The molecule has 128 valence electrons. The third-order valence-corrected chi connectivity index (χ3v) is 6.36. The van der Waals surface area contributed by atoms with Gasteiger partial charge in [-0.1, -0.05) is 24.4 Å². The largest absolute Gasteiger partial charge is 0.487 e. The molecule has 1 aromatic carbocycles. The number of aromatic nitrogens is 1. The highest BCUT2D eigenvalue weighted by atomic mass is 79.9. The van der Waals surface area contributed by atoms with Crippen LogP contribution in [0.3, 0.4) is 0 Å². The van der Waals surface area contributed by atoms with Crippen molar-refractivity contribution >= 4 is 71.9 Å². The number of benzene rings is 1. The number of hydrogen-bond donors (Lipinski definition) is 1. The van der Waals surface area contributed by atoms with Crippen molar-refractivity contribution in [3.8, 4) is 5.75 Å². The van der Waals surface area contributed by atoms with Gasteiger partial charge < -0.3 is 4.74 Å². The molecule has 8 heteroatoms. The van der Waals surface area contributed by atoms with Crippen molar-refractivity contribution in [1.82, 2.24) is 4.98 Å². The van der Waals surface area contributed by atoms with E-state index in [1.165, 1.54) is 23.1 Å². The van der Waals surface area contributed by atoms with Crippen molar-refractivity contribution in [1.29, 1.82) is 5.41 Å². The maximum absolute atomic E-state index is 12.7. The Balaban J connectivity index is 1.90. The van der Waals surface area contributed by atoms with Gasteiger partial charge in [-0.25, -0.2) is 4.98 Å². The van der Waals surface area contributed by atoms with Crippen LogP contribution < -0.4 is 4.74 Å². The van der Waals surface area contributed by atoms with Crippen molar-refractivity contribution in [2.24, 2.45) is 0 Å². The molecule has 1 aliphatic heterocycles. The van der Waals surface area contributed by atoms with Crippen LogP contribution in [0, 0.1) is 5.41 Å². The van der Waals surface area contributed by atoms with E-state index in [4.69, 9.17) is 10.1 Å². The van der Waals surface area contributed by atoms with Gasteiger partial charge >= 0.3 is 0 Å². The van der Waals surface area contributed by atoms with E-state index in [2.05, 4.69) is 43.4 Å². The minimum absolute atomic E-state index is 0.0795. The van der Waals surface area contributed by atoms with E-state index in [0.29, 0.717) is 27.3 Å². The van der Waals surface area contributed by atoms with Crippen LogP contribution in [-0.2, 0) is 4.79 Å². The molecule has 0 unspecified atom stereocenters. The zero-order valence-corrected chi connectivity index (χ0v) is 17.6. The molecule has 25 heavy (non-hydrogen) atoms. The van der Waals surface area contributed by atoms with E-state index in [1.54, 1.807) is 18.3 Å². The predicted octanol–water partition coefficient (Wildman–Crippen LogP) is 5.65. The maximum atomic E-state index is 12.7. The molecule has 0 spiro atoms. The molecular weight excluding hydrogens is 488 g/mol. The van der Waals surface area contributed by atoms with Gasteiger partial charge in [-0.15, -0.1) is 11.3 Å². The van der Waals surface area contributed by atoms with Crippen LogP contribution in [0.1, 0.15) is 16.5 Å². The number of allylic oxidation sites excluding steroid dienone is 1. The minimum Gasteiger partial charge on any atom is -0.487 e. The lowest BCUT2D eigenvalue weighted by Gasteiger charge is -2.09. The quantitative estimate of drug-likeness (QED) is 0.426. The average molecular weight is 500 g/mol. The van der Waals surface area contributed by atoms with Crippen molar-refractivity contribution in [2.45, 2.75) is 5.92 Å². The Morgan fingerprint density at radius 1 is 1.36 bits per heavy atom. The lowest BCUT2D eigenvalue weighted by atomic mass is 10.1. The number of Topliss-reactive ketones (excluding diaryl/α,β-unsaturated/α-hetero) is 1. The van der Waals surface area contributed by atoms with Crippen LogP contribution in [0.4, 0.5) is 0 Å². The normalized spacial score (nSPS) is 18.8. The third-order valence-electron chi connectivity index (χ3n) is 3.35. The Kier molecular flexibility index (Phi) is 5.93. The Labute approximate surface area is 170 Å². The van der Waals surface area contributed by atoms with E-state index < -0.39 is 5.92 Å². The summed E-state index contributed by atoms with van der Waals surface area (Å²) in [6.07, 6.45) is 5.12. The number of carbonyl (C=O) groups excluding carboxylic acids is 1. The lowest BCUT2D eigenvalue weighted by Crippen LogP contribution is -2.11. The van der Waals surface area contributed by atoms with E-state index >= 15 is 0 Å². The van der Waals surface area contributed by atoms with Gasteiger partial charge in [-0.05, 0) is 55.6 Å². The van der Waals surface area contributed by atoms with Gasteiger partial charge in [0.25, 0.3) is 0 Å². The molecule has 1 fully saturated rings. The number of rotatable bonds is 5. The molecule has 0 saturated carbocycles. The maximum Gasteiger partial charge on any atom is 0.186 e. The van der Waals surface area contributed by atoms with Gasteiger partial charge in [0.05, 0.1) is 18.9 Å². The standard InChI is InChI=1S/C17H12Br2N2O2S2/c1-2-4-23-15-10(18)6-9(7-11(15)19)8-12-14(22)13(16(20)25-12)17-21-3-5-24-17/h2-3,5-8,13,20H,1,4H2/b12-8-,20-16?/t13-/m0/s1. The Bertz CT molecular complexity index is 856. The molecule has 0 bridgehead atoms. The second-order valence-electron chi connectivity index (χ2n) is 5.06. The Hall–Kier alpha value is -1.22. The summed E-state index contributed by atoms with van der Waals surface area (Å²) in [5.74, 6) is 0.0309. The molecule has 3 rings (SSSR count). The van der Waals surface area contributed by atoms with Crippen molar-refractivity contribution in [3.05, 3.63) is 60.8 Å². The number of carbonyl (C=O) groups is 1. The zero-order valence-electron chi connectivity index (χ0n) is 12.8. The summed E-state index contributed by atoms with van der Waals surface area (Å²) in [5, 5.41) is 10.9. The Morgan fingerprint density at radius 3 is 2.68 bits per heavy atom. The number of thiazole rings is 1. The smallest absolute Gasteiger partial charge is 0.186 e. The molecular formula is C17H12Br2N2O2S2. The van der Waals surface area contributed by atoms with E-state index in [-0.39, 0.29) is 5.78 Å². The van der Waals surface area contributed by atoms with Gasteiger partial charge in [-0.2, -0.15) is 0 Å². The van der Waals surface area contributed by atoms with Crippen molar-refractivity contribution in [2.75, 3.05) is 6.61 Å². The first kappa shape index (κ1) is 18.6. The van der Waals surface area contributed by atoms with E-state index in [0.717, 1.165) is 14.5 Å². The third kappa shape index (κ3) is 3.97. The van der Waals surface area contributed by atoms with Gasteiger partial charge in [-0.3, -0.25) is 10.2 Å². The fourth-order valence-electron chi connectivity index (χ4n) is 2.29. The van der Waals surface area contributed by atoms with Crippen molar-refractivity contribution in [3.63, 3.8) is 0 Å². The monoisotopic (exact) mass is 498 g/mol. The summed E-state index contributed by atoms with van der Waals surface area (Å²) in [6.45, 7) is 4.04. The van der Waals surface area contributed by atoms with Gasteiger partial charge in [0, 0.05) is 11.6 Å². The van der Waals surface area contributed by atoms with Crippen LogP contribution in [0.5, 0.6) is 5.75 Å². The molecule has 1 aliphatic rings. The molecule has 0 radical (unpaired) electrons. The van der Waals surface area contributed by atoms with Crippen LogP contribution in [-0.4, -0.2) is 22.4 Å². The molecule has 1 atom stereocenters. The number of nitrogens with one attached hydrogen (secondary N) is 1. The van der Waals surface area contributed by atoms with Crippen LogP contribution >= 0.6 is 55.0 Å². The number of halogens is 2. The summed E-state index contributed by atoms with van der Waals surface area (Å²) < 4.78 is 7.15. The SMILES string of the molecule is C=CCOc1c(Br)cc(/C=C2\SC(=N)[C@@H](c3nccs3)C2=O)cc1Br. The first-order chi connectivity index (χ1) is 12.0. The summed E-state index contributed by atoms with van der Waals surface area (Å²) in [7, 11) is 0.